The van der Waals surface area contributed by atoms with Crippen LogP contribution in [0.15, 0.2) is 38.3 Å². The Bertz CT molecular complexity index is 733. The van der Waals surface area contributed by atoms with E-state index in [-0.39, 0.29) is 24.2 Å². The van der Waals surface area contributed by atoms with Gasteiger partial charge < -0.3 is 4.90 Å². The third-order valence-corrected chi connectivity index (χ3v) is 6.02. The molecule has 2 N–H and O–H groups in total. The summed E-state index contributed by atoms with van der Waals surface area (Å²) in [5.74, 6) is 0.0597. The van der Waals surface area contributed by atoms with Gasteiger partial charge in [-0.15, -0.1) is 11.8 Å². The molecule has 1 amide bonds. The smallest absolute Gasteiger partial charge is 0.243 e. The number of allylic oxidation sites excluding steroid dienone is 2. The molecule has 1 aliphatic carbocycles. The predicted octanol–water partition coefficient (Wildman–Crippen LogP) is 3.17. The molecule has 26 heavy (non-hydrogen) atoms. The molecule has 2 atom stereocenters. The first-order valence-electron chi connectivity index (χ1n) is 8.37. The molecular weight excluding hydrogens is 397 g/mol. The number of hydrogen-bond acceptors (Lipinski definition) is 6. The van der Waals surface area contributed by atoms with Crippen molar-refractivity contribution in [2.24, 2.45) is 10.9 Å². The lowest BCUT2D eigenvalue weighted by Crippen LogP contribution is -2.39. The van der Waals surface area contributed by atoms with Crippen LogP contribution in [0.4, 0.5) is 0 Å². The fourth-order valence-electron chi connectivity index (χ4n) is 3.38. The lowest BCUT2D eigenvalue weighted by atomic mass is 10.00. The lowest BCUT2D eigenvalue weighted by Gasteiger charge is -2.28. The maximum atomic E-state index is 12.9. The van der Waals surface area contributed by atoms with Gasteiger partial charge in [0.25, 0.3) is 0 Å². The van der Waals surface area contributed by atoms with Gasteiger partial charge >= 0.3 is 0 Å². The van der Waals surface area contributed by atoms with Crippen LogP contribution in [-0.2, 0) is 9.59 Å². The predicted molar refractivity (Wildman–Crippen MR) is 103 cm³/mol. The van der Waals surface area contributed by atoms with E-state index in [2.05, 4.69) is 4.99 Å². The molecule has 3 rings (SSSR count). The van der Waals surface area contributed by atoms with Gasteiger partial charge in [0.05, 0.1) is 21.7 Å². The molecule has 0 aromatic heterocycles. The normalized spacial score (nSPS) is 24.7. The van der Waals surface area contributed by atoms with Crippen molar-refractivity contribution in [2.75, 3.05) is 12.4 Å². The van der Waals surface area contributed by atoms with Crippen LogP contribution >= 0.6 is 35.0 Å². The Morgan fingerprint density at radius 2 is 2.15 bits per heavy atom. The number of nitrogens with one attached hydrogen (secondary N) is 1. The molecule has 6 nitrogen and oxygen atoms in total. The fourth-order valence-corrected chi connectivity index (χ4v) is 4.45. The molecule has 2 aliphatic heterocycles. The topological polar surface area (TPSA) is 82.0 Å². The zero-order chi connectivity index (χ0) is 18.7. The van der Waals surface area contributed by atoms with E-state index in [9.17, 15) is 9.59 Å². The summed E-state index contributed by atoms with van der Waals surface area (Å²) in [6.45, 7) is 0.621. The number of thioether (sulfide) groups is 1. The maximum Gasteiger partial charge on any atom is 0.243 e. The molecule has 2 unspecified atom stereocenters. The second kappa shape index (κ2) is 8.61. The van der Waals surface area contributed by atoms with E-state index in [0.717, 1.165) is 18.6 Å². The van der Waals surface area contributed by atoms with Crippen molar-refractivity contribution < 1.29 is 14.8 Å². The quantitative estimate of drug-likeness (QED) is 0.395. The zero-order valence-corrected chi connectivity index (χ0v) is 16.3. The van der Waals surface area contributed by atoms with Crippen molar-refractivity contribution in [3.63, 3.8) is 0 Å². The summed E-state index contributed by atoms with van der Waals surface area (Å²) in [6.07, 6.45) is 6.06. The standard InChI is InChI=1S/C17H19Cl2N3O3S/c18-12-6-10-15-11(8-26-9-20-15)17(24)16(10)22(7-13(12)19)5-3-1-2-4-14(23)21-25/h6-8,10,16,25H,1-5,9H2,(H,21,23). The van der Waals surface area contributed by atoms with E-state index in [1.165, 1.54) is 11.8 Å². The molecule has 0 aromatic rings. The van der Waals surface area contributed by atoms with Crippen molar-refractivity contribution in [2.45, 2.75) is 31.7 Å². The number of aliphatic imine (C=N–C) groups is 1. The van der Waals surface area contributed by atoms with Crippen LogP contribution in [0.3, 0.4) is 0 Å². The molecule has 1 fully saturated rings. The van der Waals surface area contributed by atoms with Gasteiger partial charge in [0.15, 0.2) is 5.78 Å². The number of amides is 1. The van der Waals surface area contributed by atoms with Gasteiger partial charge in [-0.25, -0.2) is 5.48 Å². The highest BCUT2D eigenvalue weighted by molar-refractivity contribution is 8.02. The number of fused-ring (bicyclic) bond motifs is 3. The highest BCUT2D eigenvalue weighted by atomic mass is 35.5. The van der Waals surface area contributed by atoms with Gasteiger partial charge in [-0.05, 0) is 18.2 Å². The second-order valence-electron chi connectivity index (χ2n) is 6.28. The molecule has 1 saturated carbocycles. The Kier molecular flexibility index (Phi) is 6.45. The van der Waals surface area contributed by atoms with Crippen molar-refractivity contribution in [3.05, 3.63) is 33.3 Å². The van der Waals surface area contributed by atoms with Gasteiger partial charge in [-0.3, -0.25) is 19.8 Å². The van der Waals surface area contributed by atoms with Crippen LogP contribution in [0.2, 0.25) is 0 Å². The molecule has 0 aromatic carbocycles. The molecule has 0 spiro atoms. The average Bonchev–Trinajstić information content (AvgIpc) is 2.84. The summed E-state index contributed by atoms with van der Waals surface area (Å²) in [5, 5.41) is 11.2. The zero-order valence-electron chi connectivity index (χ0n) is 14.0. The number of hydroxylamine groups is 1. The molecular formula is C17H19Cl2N3O3S. The van der Waals surface area contributed by atoms with E-state index in [1.807, 2.05) is 16.4 Å². The van der Waals surface area contributed by atoms with Gasteiger partial charge in [-0.1, -0.05) is 35.7 Å². The number of unbranched alkanes of at least 4 members (excludes halogenated alkanes) is 2. The number of nitrogens with zero attached hydrogens (tertiary/aromatic N) is 2. The number of rotatable bonds is 6. The van der Waals surface area contributed by atoms with Crippen LogP contribution in [0.25, 0.3) is 0 Å². The van der Waals surface area contributed by atoms with Crippen LogP contribution < -0.4 is 5.48 Å². The van der Waals surface area contributed by atoms with E-state index in [1.54, 1.807) is 11.7 Å². The van der Waals surface area contributed by atoms with E-state index >= 15 is 0 Å². The minimum atomic E-state index is -0.392. The van der Waals surface area contributed by atoms with Crippen LogP contribution in [-0.4, -0.2) is 46.0 Å². The van der Waals surface area contributed by atoms with Gasteiger partial charge in [0.1, 0.15) is 6.04 Å². The monoisotopic (exact) mass is 415 g/mol. The van der Waals surface area contributed by atoms with Gasteiger partial charge in [0.2, 0.25) is 5.91 Å². The number of carbonyl (C=O) groups excluding carboxylic acids is 2. The molecule has 0 radical (unpaired) electrons. The highest BCUT2D eigenvalue weighted by Crippen LogP contribution is 2.39. The van der Waals surface area contributed by atoms with Crippen molar-refractivity contribution in [3.8, 4) is 0 Å². The largest absolute Gasteiger partial charge is 0.365 e. The fraction of sp³-hybridized carbons (Fsp3) is 0.471. The molecule has 9 heteroatoms. The SMILES string of the molecule is O=C(CCCCCN1C=C(Cl)C(Cl)=CC2C3=NCSC=C3C(=O)C21)NO. The minimum Gasteiger partial charge on any atom is -0.365 e. The summed E-state index contributed by atoms with van der Waals surface area (Å²) >= 11 is 14.1. The van der Waals surface area contributed by atoms with Crippen molar-refractivity contribution in [1.82, 2.24) is 10.4 Å². The van der Waals surface area contributed by atoms with Crippen LogP contribution in [0, 0.1) is 5.92 Å². The lowest BCUT2D eigenvalue weighted by molar-refractivity contribution is -0.129. The number of hydrogen-bond donors (Lipinski definition) is 2. The molecule has 2 heterocycles. The Balaban J connectivity index is 1.72. The highest BCUT2D eigenvalue weighted by Gasteiger charge is 2.46. The Hall–Kier alpha value is -1.28. The minimum absolute atomic E-state index is 0.0453. The summed E-state index contributed by atoms with van der Waals surface area (Å²) in [7, 11) is 0. The third-order valence-electron chi connectivity index (χ3n) is 4.61. The molecule has 0 saturated heterocycles. The van der Waals surface area contributed by atoms with E-state index in [0.29, 0.717) is 34.5 Å². The molecule has 140 valence electrons. The van der Waals surface area contributed by atoms with Gasteiger partial charge in [0, 0.05) is 30.7 Å². The summed E-state index contributed by atoms with van der Waals surface area (Å²) in [5.41, 5.74) is 3.09. The van der Waals surface area contributed by atoms with Gasteiger partial charge in [-0.2, -0.15) is 0 Å². The number of ketones is 1. The first kappa shape index (κ1) is 19.5. The summed E-state index contributed by atoms with van der Waals surface area (Å²) in [4.78, 5) is 30.5. The summed E-state index contributed by atoms with van der Waals surface area (Å²) < 4.78 is 0. The first-order valence-corrected chi connectivity index (χ1v) is 10.2. The van der Waals surface area contributed by atoms with Crippen molar-refractivity contribution >= 4 is 52.4 Å². The number of carbonyl (C=O) groups is 2. The molecule has 0 bridgehead atoms. The van der Waals surface area contributed by atoms with E-state index < -0.39 is 5.91 Å². The van der Waals surface area contributed by atoms with Crippen LogP contribution in [0.1, 0.15) is 25.7 Å². The summed E-state index contributed by atoms with van der Waals surface area (Å²) in [6, 6.07) is -0.385. The Labute approximate surface area is 165 Å². The Morgan fingerprint density at radius 1 is 1.35 bits per heavy atom. The maximum absolute atomic E-state index is 12.9. The number of Topliss-reactive ketones (excluding diaryl/α,β-unsaturated/α-hetero) is 1. The van der Waals surface area contributed by atoms with Crippen molar-refractivity contribution in [1.29, 1.82) is 0 Å². The third kappa shape index (κ3) is 4.01. The number of halogens is 2. The average molecular weight is 416 g/mol. The first-order chi connectivity index (χ1) is 12.5. The molecule has 3 aliphatic rings. The second-order valence-corrected chi connectivity index (χ2v) is 7.92. The Morgan fingerprint density at radius 3 is 2.92 bits per heavy atom. The van der Waals surface area contributed by atoms with E-state index in [4.69, 9.17) is 28.4 Å². The van der Waals surface area contributed by atoms with Crippen LogP contribution in [0.5, 0.6) is 0 Å².